The van der Waals surface area contributed by atoms with Crippen molar-refractivity contribution in [2.75, 3.05) is 0 Å². The summed E-state index contributed by atoms with van der Waals surface area (Å²) >= 11 is 0. The van der Waals surface area contributed by atoms with Crippen LogP contribution in [0.3, 0.4) is 0 Å². The summed E-state index contributed by atoms with van der Waals surface area (Å²) in [6, 6.07) is 0. The lowest BCUT2D eigenvalue weighted by atomic mass is 9.82. The highest BCUT2D eigenvalue weighted by Crippen LogP contribution is 2.27. The predicted octanol–water partition coefficient (Wildman–Crippen LogP) is 3.57. The second-order valence-corrected chi connectivity index (χ2v) is 4.38. The molecule has 0 unspecified atom stereocenters. The molecule has 0 aliphatic heterocycles. The van der Waals surface area contributed by atoms with Gasteiger partial charge in [-0.15, -0.1) is 0 Å². The van der Waals surface area contributed by atoms with Crippen molar-refractivity contribution in [2.24, 2.45) is 5.41 Å². The van der Waals surface area contributed by atoms with Gasteiger partial charge in [-0.05, 0) is 18.3 Å². The fraction of sp³-hybridized carbons (Fsp3) is 0.909. The van der Waals surface area contributed by atoms with Crippen LogP contribution >= 0.6 is 0 Å². The minimum Gasteiger partial charge on any atom is -0.300 e. The fourth-order valence-electron chi connectivity index (χ4n) is 1.67. The van der Waals surface area contributed by atoms with Crippen LogP contribution < -0.4 is 0 Å². The summed E-state index contributed by atoms with van der Waals surface area (Å²) in [5.74, 6) is 0.427. The van der Waals surface area contributed by atoms with E-state index < -0.39 is 0 Å². The third-order valence-corrected chi connectivity index (χ3v) is 2.13. The van der Waals surface area contributed by atoms with E-state index in [9.17, 15) is 4.79 Å². The highest BCUT2D eigenvalue weighted by molar-refractivity contribution is 5.78. The maximum atomic E-state index is 11.3. The lowest BCUT2D eigenvalue weighted by Crippen LogP contribution is -2.16. The second kappa shape index (κ2) is 5.34. The molecule has 1 heteroatoms. The SMILES string of the molecule is CCCC(=O)CC(C)(C)CCC. The maximum absolute atomic E-state index is 11.3. The van der Waals surface area contributed by atoms with Gasteiger partial charge in [0.25, 0.3) is 0 Å². The van der Waals surface area contributed by atoms with Crippen molar-refractivity contribution in [1.82, 2.24) is 0 Å². The van der Waals surface area contributed by atoms with Crippen LogP contribution in [0.1, 0.15) is 59.8 Å². The number of hydrogen-bond acceptors (Lipinski definition) is 1. The zero-order valence-corrected chi connectivity index (χ0v) is 8.94. The summed E-state index contributed by atoms with van der Waals surface area (Å²) in [7, 11) is 0. The lowest BCUT2D eigenvalue weighted by Gasteiger charge is -2.22. The molecule has 0 N–H and O–H groups in total. The standard InChI is InChI=1S/C11H22O/c1-5-7-10(12)9-11(3,4)8-6-2/h5-9H2,1-4H3. The van der Waals surface area contributed by atoms with Crippen LogP contribution in [-0.4, -0.2) is 5.78 Å². The van der Waals surface area contributed by atoms with Gasteiger partial charge in [-0.1, -0.05) is 34.1 Å². The fourth-order valence-corrected chi connectivity index (χ4v) is 1.67. The summed E-state index contributed by atoms with van der Waals surface area (Å²) < 4.78 is 0. The van der Waals surface area contributed by atoms with Gasteiger partial charge >= 0.3 is 0 Å². The van der Waals surface area contributed by atoms with E-state index in [1.807, 2.05) is 0 Å². The van der Waals surface area contributed by atoms with Gasteiger partial charge in [0, 0.05) is 12.8 Å². The Morgan fingerprint density at radius 3 is 2.17 bits per heavy atom. The molecule has 0 aliphatic rings. The molecule has 0 spiro atoms. The molecule has 0 radical (unpaired) electrons. The summed E-state index contributed by atoms with van der Waals surface area (Å²) in [6.45, 7) is 8.60. The largest absolute Gasteiger partial charge is 0.300 e. The summed E-state index contributed by atoms with van der Waals surface area (Å²) in [6.07, 6.45) is 4.83. The van der Waals surface area contributed by atoms with Crippen molar-refractivity contribution in [3.63, 3.8) is 0 Å². The van der Waals surface area contributed by atoms with Gasteiger partial charge in [-0.2, -0.15) is 0 Å². The van der Waals surface area contributed by atoms with E-state index in [-0.39, 0.29) is 5.41 Å². The number of ketones is 1. The van der Waals surface area contributed by atoms with Crippen LogP contribution in [0.15, 0.2) is 0 Å². The Kier molecular flexibility index (Phi) is 5.19. The highest BCUT2D eigenvalue weighted by Gasteiger charge is 2.19. The first-order valence-electron chi connectivity index (χ1n) is 5.03. The maximum Gasteiger partial charge on any atom is 0.133 e. The minimum atomic E-state index is 0.223. The number of carbonyl (C=O) groups is 1. The summed E-state index contributed by atoms with van der Waals surface area (Å²) in [4.78, 5) is 11.3. The van der Waals surface area contributed by atoms with Gasteiger partial charge in [-0.3, -0.25) is 4.79 Å². The lowest BCUT2D eigenvalue weighted by molar-refractivity contribution is -0.121. The Balaban J connectivity index is 3.79. The summed E-state index contributed by atoms with van der Waals surface area (Å²) in [5, 5.41) is 0. The molecule has 0 saturated heterocycles. The molecular formula is C11H22O. The average Bonchev–Trinajstić information content (AvgIpc) is 1.85. The van der Waals surface area contributed by atoms with Gasteiger partial charge in [0.15, 0.2) is 0 Å². The molecule has 0 amide bonds. The van der Waals surface area contributed by atoms with E-state index in [2.05, 4.69) is 27.7 Å². The van der Waals surface area contributed by atoms with Gasteiger partial charge in [0.1, 0.15) is 5.78 Å². The zero-order chi connectivity index (χ0) is 9.61. The highest BCUT2D eigenvalue weighted by atomic mass is 16.1. The van der Waals surface area contributed by atoms with Crippen molar-refractivity contribution in [1.29, 1.82) is 0 Å². The smallest absolute Gasteiger partial charge is 0.133 e. The van der Waals surface area contributed by atoms with Gasteiger partial charge < -0.3 is 0 Å². The molecule has 0 atom stereocenters. The molecule has 0 aromatic heterocycles. The van der Waals surface area contributed by atoms with Crippen LogP contribution in [0.4, 0.5) is 0 Å². The van der Waals surface area contributed by atoms with E-state index in [0.717, 1.165) is 25.7 Å². The van der Waals surface area contributed by atoms with Crippen molar-refractivity contribution in [3.8, 4) is 0 Å². The molecule has 0 aliphatic carbocycles. The van der Waals surface area contributed by atoms with Crippen molar-refractivity contribution >= 4 is 5.78 Å². The quantitative estimate of drug-likeness (QED) is 0.595. The number of Topliss-reactive ketones (excluding diaryl/α,β-unsaturated/α-hetero) is 1. The first-order valence-corrected chi connectivity index (χ1v) is 5.03. The third kappa shape index (κ3) is 5.34. The van der Waals surface area contributed by atoms with Crippen LogP contribution in [0.25, 0.3) is 0 Å². The molecule has 0 bridgehead atoms. The topological polar surface area (TPSA) is 17.1 Å². The molecule has 0 rings (SSSR count). The molecule has 0 fully saturated rings. The van der Waals surface area contributed by atoms with Gasteiger partial charge in [0.05, 0.1) is 0 Å². The molecule has 0 aromatic rings. The third-order valence-electron chi connectivity index (χ3n) is 2.13. The molecule has 0 saturated carbocycles. The van der Waals surface area contributed by atoms with Crippen molar-refractivity contribution < 1.29 is 4.79 Å². The van der Waals surface area contributed by atoms with Crippen LogP contribution in [0, 0.1) is 5.41 Å². The van der Waals surface area contributed by atoms with Gasteiger partial charge in [0.2, 0.25) is 0 Å². The Bertz CT molecular complexity index is 136. The van der Waals surface area contributed by atoms with Crippen molar-refractivity contribution in [2.45, 2.75) is 59.8 Å². The Morgan fingerprint density at radius 2 is 1.75 bits per heavy atom. The Hall–Kier alpha value is -0.330. The van der Waals surface area contributed by atoms with E-state index >= 15 is 0 Å². The van der Waals surface area contributed by atoms with Crippen LogP contribution in [0.5, 0.6) is 0 Å². The van der Waals surface area contributed by atoms with Crippen LogP contribution in [0.2, 0.25) is 0 Å². The number of rotatable bonds is 6. The molecule has 0 heterocycles. The molecule has 0 aromatic carbocycles. The first-order chi connectivity index (χ1) is 5.52. The van der Waals surface area contributed by atoms with Gasteiger partial charge in [-0.25, -0.2) is 0 Å². The van der Waals surface area contributed by atoms with E-state index in [4.69, 9.17) is 0 Å². The molecule has 12 heavy (non-hydrogen) atoms. The molecular weight excluding hydrogens is 148 g/mol. The first kappa shape index (κ1) is 11.7. The number of hydrogen-bond donors (Lipinski definition) is 0. The second-order valence-electron chi connectivity index (χ2n) is 4.38. The monoisotopic (exact) mass is 170 g/mol. The Labute approximate surface area is 76.6 Å². The van der Waals surface area contributed by atoms with E-state index in [1.54, 1.807) is 0 Å². The summed E-state index contributed by atoms with van der Waals surface area (Å²) in [5.41, 5.74) is 0.223. The average molecular weight is 170 g/mol. The minimum absolute atomic E-state index is 0.223. The van der Waals surface area contributed by atoms with E-state index in [0.29, 0.717) is 5.78 Å². The predicted molar refractivity (Wildman–Crippen MR) is 53.2 cm³/mol. The van der Waals surface area contributed by atoms with E-state index in [1.165, 1.54) is 6.42 Å². The molecule has 1 nitrogen and oxygen atoms in total. The normalized spacial score (nSPS) is 11.7. The number of carbonyl (C=O) groups excluding carboxylic acids is 1. The van der Waals surface area contributed by atoms with Crippen LogP contribution in [-0.2, 0) is 4.79 Å². The zero-order valence-electron chi connectivity index (χ0n) is 8.94. The Morgan fingerprint density at radius 1 is 1.17 bits per heavy atom. The molecule has 72 valence electrons. The van der Waals surface area contributed by atoms with Crippen molar-refractivity contribution in [3.05, 3.63) is 0 Å².